The first kappa shape index (κ1) is 15.5. The van der Waals surface area contributed by atoms with Crippen LogP contribution >= 0.6 is 0 Å². The second kappa shape index (κ2) is 7.26. The Balaban J connectivity index is 1.64. The Bertz CT molecular complexity index is 704. The van der Waals surface area contributed by atoms with E-state index in [2.05, 4.69) is 46.6 Å². The van der Waals surface area contributed by atoms with Crippen LogP contribution in [0, 0.1) is 0 Å². The Morgan fingerprint density at radius 2 is 2.00 bits per heavy atom. The molecule has 0 aliphatic carbocycles. The van der Waals surface area contributed by atoms with Crippen LogP contribution in [0.2, 0.25) is 0 Å². The van der Waals surface area contributed by atoms with E-state index in [0.29, 0.717) is 0 Å². The van der Waals surface area contributed by atoms with Gasteiger partial charge in [-0.1, -0.05) is 30.3 Å². The van der Waals surface area contributed by atoms with Gasteiger partial charge in [-0.05, 0) is 31.8 Å². The molecule has 0 spiro atoms. The molecule has 2 N–H and O–H groups in total. The van der Waals surface area contributed by atoms with Gasteiger partial charge in [-0.3, -0.25) is 10.00 Å². The topological polar surface area (TPSA) is 57.1 Å². The lowest BCUT2D eigenvalue weighted by atomic mass is 10.1. The van der Waals surface area contributed by atoms with Crippen LogP contribution in [0.1, 0.15) is 17.4 Å². The van der Waals surface area contributed by atoms with E-state index in [4.69, 9.17) is 4.42 Å². The maximum absolute atomic E-state index is 5.54. The summed E-state index contributed by atoms with van der Waals surface area (Å²) >= 11 is 0. The summed E-state index contributed by atoms with van der Waals surface area (Å²) in [6.45, 7) is 1.56. The third-order valence-corrected chi connectivity index (χ3v) is 3.93. The van der Waals surface area contributed by atoms with E-state index in [1.807, 2.05) is 36.5 Å². The molecule has 0 amide bonds. The van der Waals surface area contributed by atoms with Gasteiger partial charge < -0.3 is 9.73 Å². The molecule has 0 fully saturated rings. The molecule has 1 aromatic carbocycles. The number of hydrogen-bond acceptors (Lipinski definition) is 4. The van der Waals surface area contributed by atoms with Crippen molar-refractivity contribution >= 4 is 0 Å². The quantitative estimate of drug-likeness (QED) is 0.704. The molecule has 0 aliphatic rings. The Kier molecular flexibility index (Phi) is 4.90. The van der Waals surface area contributed by atoms with E-state index < -0.39 is 0 Å². The van der Waals surface area contributed by atoms with Gasteiger partial charge in [-0.15, -0.1) is 0 Å². The first-order chi connectivity index (χ1) is 11.3. The summed E-state index contributed by atoms with van der Waals surface area (Å²) in [6, 6.07) is 14.4. The van der Waals surface area contributed by atoms with Gasteiger partial charge in [0, 0.05) is 18.7 Å². The van der Waals surface area contributed by atoms with Gasteiger partial charge in [-0.2, -0.15) is 5.10 Å². The number of H-pyrrole nitrogens is 1. The summed E-state index contributed by atoms with van der Waals surface area (Å²) in [5.41, 5.74) is 3.38. The molecular weight excluding hydrogens is 288 g/mol. The molecule has 0 saturated heterocycles. The van der Waals surface area contributed by atoms with Crippen LogP contribution in [-0.4, -0.2) is 35.7 Å². The van der Waals surface area contributed by atoms with Crippen molar-refractivity contribution in [3.63, 3.8) is 0 Å². The predicted octanol–water partition coefficient (Wildman–Crippen LogP) is 3.06. The minimum atomic E-state index is 0.206. The van der Waals surface area contributed by atoms with Gasteiger partial charge >= 0.3 is 0 Å². The van der Waals surface area contributed by atoms with E-state index in [9.17, 15) is 0 Å². The zero-order valence-corrected chi connectivity index (χ0v) is 13.5. The lowest BCUT2D eigenvalue weighted by Gasteiger charge is -2.22. The zero-order chi connectivity index (χ0) is 16.1. The molecule has 2 heterocycles. The molecule has 23 heavy (non-hydrogen) atoms. The number of benzene rings is 1. The van der Waals surface area contributed by atoms with Crippen LogP contribution in [0.25, 0.3) is 11.3 Å². The lowest BCUT2D eigenvalue weighted by Crippen LogP contribution is -2.30. The molecule has 5 heteroatoms. The highest BCUT2D eigenvalue weighted by Crippen LogP contribution is 2.21. The standard InChI is InChI=1S/C18H22N4O/c1-22(2)16(17-9-6-10-23-17)13-19-11-15-12-20-21-18(15)14-7-4-3-5-8-14/h3-10,12,16,19H,11,13H2,1-2H3,(H,20,21). The highest BCUT2D eigenvalue weighted by molar-refractivity contribution is 5.62. The maximum Gasteiger partial charge on any atom is 0.122 e. The molecule has 0 saturated carbocycles. The van der Waals surface area contributed by atoms with Crippen molar-refractivity contribution in [3.8, 4) is 11.3 Å². The number of rotatable bonds is 7. The molecule has 1 atom stereocenters. The Morgan fingerprint density at radius 1 is 1.17 bits per heavy atom. The molecular formula is C18H22N4O. The lowest BCUT2D eigenvalue weighted by molar-refractivity contribution is 0.250. The van der Waals surface area contributed by atoms with E-state index in [-0.39, 0.29) is 6.04 Å². The van der Waals surface area contributed by atoms with Crippen molar-refractivity contribution in [1.82, 2.24) is 20.4 Å². The Labute approximate surface area is 136 Å². The Morgan fingerprint density at radius 3 is 2.70 bits per heavy atom. The predicted molar refractivity (Wildman–Crippen MR) is 90.9 cm³/mol. The van der Waals surface area contributed by atoms with Gasteiger partial charge in [0.05, 0.1) is 24.2 Å². The largest absolute Gasteiger partial charge is 0.468 e. The van der Waals surface area contributed by atoms with Gasteiger partial charge in [0.1, 0.15) is 5.76 Å². The second-order valence-corrected chi connectivity index (χ2v) is 5.76. The maximum atomic E-state index is 5.54. The van der Waals surface area contributed by atoms with Crippen molar-refractivity contribution in [2.24, 2.45) is 0 Å². The summed E-state index contributed by atoms with van der Waals surface area (Å²) in [4.78, 5) is 2.15. The van der Waals surface area contributed by atoms with Gasteiger partial charge in [0.25, 0.3) is 0 Å². The SMILES string of the molecule is CN(C)C(CNCc1cn[nH]c1-c1ccccc1)c1ccco1. The third kappa shape index (κ3) is 3.70. The van der Waals surface area contributed by atoms with E-state index in [1.165, 1.54) is 0 Å². The van der Waals surface area contributed by atoms with Crippen molar-refractivity contribution in [2.75, 3.05) is 20.6 Å². The highest BCUT2D eigenvalue weighted by Gasteiger charge is 2.16. The van der Waals surface area contributed by atoms with Crippen molar-refractivity contribution < 1.29 is 4.42 Å². The molecule has 3 rings (SSSR count). The van der Waals surface area contributed by atoms with E-state index in [0.717, 1.165) is 35.7 Å². The molecule has 0 radical (unpaired) electrons. The average molecular weight is 310 g/mol. The molecule has 120 valence electrons. The number of furan rings is 1. The summed E-state index contributed by atoms with van der Waals surface area (Å²) in [5, 5.41) is 10.8. The minimum absolute atomic E-state index is 0.206. The number of nitrogens with zero attached hydrogens (tertiary/aromatic N) is 2. The molecule has 5 nitrogen and oxygen atoms in total. The fraction of sp³-hybridized carbons (Fsp3) is 0.278. The van der Waals surface area contributed by atoms with Gasteiger partial charge in [-0.25, -0.2) is 0 Å². The minimum Gasteiger partial charge on any atom is -0.468 e. The summed E-state index contributed by atoms with van der Waals surface area (Å²) in [5.74, 6) is 0.970. The number of nitrogens with one attached hydrogen (secondary N) is 2. The Hall–Kier alpha value is -2.37. The molecule has 0 bridgehead atoms. The fourth-order valence-corrected chi connectivity index (χ4v) is 2.66. The summed E-state index contributed by atoms with van der Waals surface area (Å²) < 4.78 is 5.54. The van der Waals surface area contributed by atoms with Crippen LogP contribution in [0.5, 0.6) is 0 Å². The molecule has 3 aromatic rings. The molecule has 1 unspecified atom stereocenters. The number of aromatic nitrogens is 2. The summed E-state index contributed by atoms with van der Waals surface area (Å²) in [6.07, 6.45) is 3.60. The third-order valence-electron chi connectivity index (χ3n) is 3.93. The smallest absolute Gasteiger partial charge is 0.122 e. The normalized spacial score (nSPS) is 12.7. The first-order valence-corrected chi connectivity index (χ1v) is 7.74. The summed E-state index contributed by atoms with van der Waals surface area (Å²) in [7, 11) is 4.12. The van der Waals surface area contributed by atoms with Crippen LogP contribution < -0.4 is 5.32 Å². The second-order valence-electron chi connectivity index (χ2n) is 5.76. The van der Waals surface area contributed by atoms with Crippen LogP contribution in [-0.2, 0) is 6.54 Å². The van der Waals surface area contributed by atoms with Crippen molar-refractivity contribution in [2.45, 2.75) is 12.6 Å². The van der Waals surface area contributed by atoms with Crippen LogP contribution in [0.3, 0.4) is 0 Å². The van der Waals surface area contributed by atoms with Crippen LogP contribution in [0.15, 0.2) is 59.3 Å². The van der Waals surface area contributed by atoms with Crippen molar-refractivity contribution in [3.05, 3.63) is 66.2 Å². The number of likely N-dealkylation sites (N-methyl/N-ethyl adjacent to an activating group) is 1. The molecule has 2 aromatic heterocycles. The number of aromatic amines is 1. The van der Waals surface area contributed by atoms with Gasteiger partial charge in [0.2, 0.25) is 0 Å². The zero-order valence-electron chi connectivity index (χ0n) is 13.5. The van der Waals surface area contributed by atoms with Crippen molar-refractivity contribution in [1.29, 1.82) is 0 Å². The number of hydrogen-bond donors (Lipinski definition) is 2. The highest BCUT2D eigenvalue weighted by atomic mass is 16.3. The molecule has 0 aliphatic heterocycles. The van der Waals surface area contributed by atoms with E-state index in [1.54, 1.807) is 6.26 Å². The van der Waals surface area contributed by atoms with Gasteiger partial charge in [0.15, 0.2) is 0 Å². The van der Waals surface area contributed by atoms with E-state index >= 15 is 0 Å². The average Bonchev–Trinajstić information content (AvgIpc) is 3.23. The monoisotopic (exact) mass is 310 g/mol. The van der Waals surface area contributed by atoms with Crippen LogP contribution in [0.4, 0.5) is 0 Å². The fourth-order valence-electron chi connectivity index (χ4n) is 2.66. The first-order valence-electron chi connectivity index (χ1n) is 7.74.